The Bertz CT molecular complexity index is 538. The molecule has 0 radical (unpaired) electrons. The zero-order valence-electron chi connectivity index (χ0n) is 13.9. The molecule has 6 heteroatoms. The Hall–Kier alpha value is -0.430. The molecule has 0 atom stereocenters. The molecule has 0 aliphatic carbocycles. The first-order valence-corrected chi connectivity index (χ1v) is 9.68. The number of thiophene rings is 1. The highest BCUT2D eigenvalue weighted by Crippen LogP contribution is 2.29. The van der Waals surface area contributed by atoms with Gasteiger partial charge >= 0.3 is 0 Å². The number of hydrogen-bond acceptors (Lipinski definition) is 4. The van der Waals surface area contributed by atoms with Gasteiger partial charge in [0.1, 0.15) is 0 Å². The van der Waals surface area contributed by atoms with Crippen LogP contribution in [0.3, 0.4) is 0 Å². The van der Waals surface area contributed by atoms with Gasteiger partial charge < -0.3 is 5.32 Å². The first-order valence-electron chi connectivity index (χ1n) is 7.42. The minimum absolute atomic E-state index is 0.314. The second-order valence-corrected chi connectivity index (χ2v) is 9.52. The maximum Gasteiger partial charge on any atom is 0.244 e. The fourth-order valence-electron chi connectivity index (χ4n) is 2.27. The fourth-order valence-corrected chi connectivity index (χ4v) is 5.65. The van der Waals surface area contributed by atoms with Crippen LogP contribution in [0, 0.1) is 18.8 Å². The van der Waals surface area contributed by atoms with Gasteiger partial charge in [0.2, 0.25) is 10.0 Å². The van der Waals surface area contributed by atoms with Crippen LogP contribution in [0.2, 0.25) is 0 Å². The molecule has 0 bridgehead atoms. The van der Waals surface area contributed by atoms with Crippen LogP contribution in [0.25, 0.3) is 0 Å². The summed E-state index contributed by atoms with van der Waals surface area (Å²) in [4.78, 5) is 2.40. The molecule has 0 aliphatic heterocycles. The molecule has 1 heterocycles. The van der Waals surface area contributed by atoms with Crippen LogP contribution in [-0.2, 0) is 16.6 Å². The maximum absolute atomic E-state index is 13.0. The molecule has 0 saturated heterocycles. The summed E-state index contributed by atoms with van der Waals surface area (Å²) in [5.74, 6) is 0.628. The van der Waals surface area contributed by atoms with Gasteiger partial charge in [-0.15, -0.1) is 11.3 Å². The molecule has 0 aromatic carbocycles. The third-order valence-corrected chi connectivity index (χ3v) is 6.17. The quantitative estimate of drug-likeness (QED) is 0.796. The molecule has 1 N–H and O–H groups in total. The Morgan fingerprint density at radius 1 is 1.19 bits per heavy atom. The van der Waals surface area contributed by atoms with Crippen molar-refractivity contribution in [1.29, 1.82) is 0 Å². The van der Waals surface area contributed by atoms with E-state index in [0.717, 1.165) is 9.75 Å². The van der Waals surface area contributed by atoms with Crippen molar-refractivity contribution in [3.8, 4) is 0 Å². The molecule has 0 amide bonds. The van der Waals surface area contributed by atoms with E-state index in [2.05, 4.69) is 33.0 Å². The summed E-state index contributed by atoms with van der Waals surface area (Å²) in [6, 6.07) is 1.82. The van der Waals surface area contributed by atoms with E-state index in [1.165, 1.54) is 0 Å². The van der Waals surface area contributed by atoms with Crippen LogP contribution in [0.15, 0.2) is 11.0 Å². The molecule has 21 heavy (non-hydrogen) atoms. The number of sulfonamides is 1. The number of aryl methyl sites for hydroxylation is 1. The monoisotopic (exact) mass is 332 g/mol. The SMILES string of the molecule is CNCc1cc(S(=O)(=O)N(CC(C)C)CC(C)C)c(C)s1. The smallest absolute Gasteiger partial charge is 0.244 e. The highest BCUT2D eigenvalue weighted by molar-refractivity contribution is 7.89. The summed E-state index contributed by atoms with van der Waals surface area (Å²) in [5, 5.41) is 3.07. The van der Waals surface area contributed by atoms with Crippen molar-refractivity contribution < 1.29 is 8.42 Å². The van der Waals surface area contributed by atoms with Crippen molar-refractivity contribution in [3.63, 3.8) is 0 Å². The van der Waals surface area contributed by atoms with E-state index in [1.807, 2.05) is 20.0 Å². The number of nitrogens with one attached hydrogen (secondary N) is 1. The summed E-state index contributed by atoms with van der Waals surface area (Å²) >= 11 is 1.55. The third kappa shape index (κ3) is 5.06. The van der Waals surface area contributed by atoms with Crippen molar-refractivity contribution >= 4 is 21.4 Å². The highest BCUT2D eigenvalue weighted by atomic mass is 32.2. The molecule has 0 saturated carbocycles. The van der Waals surface area contributed by atoms with E-state index >= 15 is 0 Å². The van der Waals surface area contributed by atoms with Gasteiger partial charge in [-0.2, -0.15) is 4.31 Å². The number of rotatable bonds is 8. The zero-order chi connectivity index (χ0) is 16.2. The molecule has 0 spiro atoms. The molecule has 0 aliphatic rings. The van der Waals surface area contributed by atoms with E-state index in [-0.39, 0.29) is 0 Å². The van der Waals surface area contributed by atoms with E-state index in [4.69, 9.17) is 0 Å². The van der Waals surface area contributed by atoms with Gasteiger partial charge in [-0.1, -0.05) is 27.7 Å². The Balaban J connectivity index is 3.15. The average molecular weight is 333 g/mol. The first kappa shape index (κ1) is 18.6. The average Bonchev–Trinajstić information content (AvgIpc) is 2.69. The van der Waals surface area contributed by atoms with E-state index < -0.39 is 10.0 Å². The normalized spacial score (nSPS) is 12.8. The number of hydrogen-bond donors (Lipinski definition) is 1. The van der Waals surface area contributed by atoms with Gasteiger partial charge in [-0.3, -0.25) is 0 Å². The van der Waals surface area contributed by atoms with E-state index in [9.17, 15) is 8.42 Å². The standard InChI is InChI=1S/C15H28N2O2S2/c1-11(2)9-17(10-12(3)4)21(18,19)15-7-14(8-16-6)20-13(15)5/h7,11-12,16H,8-10H2,1-6H3. The molecule has 1 aromatic heterocycles. The Morgan fingerprint density at radius 3 is 2.14 bits per heavy atom. The molecule has 1 rings (SSSR count). The lowest BCUT2D eigenvalue weighted by Gasteiger charge is -2.25. The summed E-state index contributed by atoms with van der Waals surface area (Å²) in [6.07, 6.45) is 0. The van der Waals surface area contributed by atoms with Crippen LogP contribution < -0.4 is 5.32 Å². The summed E-state index contributed by atoms with van der Waals surface area (Å²) in [5.41, 5.74) is 0. The predicted molar refractivity (Wildman–Crippen MR) is 90.3 cm³/mol. The summed E-state index contributed by atoms with van der Waals surface area (Å²) < 4.78 is 27.5. The summed E-state index contributed by atoms with van der Waals surface area (Å²) in [7, 11) is -1.54. The third-order valence-electron chi connectivity index (χ3n) is 3.03. The van der Waals surface area contributed by atoms with E-state index in [0.29, 0.717) is 36.4 Å². The lowest BCUT2D eigenvalue weighted by Crippen LogP contribution is -2.37. The second kappa shape index (κ2) is 7.72. The molecule has 0 unspecified atom stereocenters. The van der Waals surface area contributed by atoms with Crippen LogP contribution in [0.5, 0.6) is 0 Å². The fraction of sp³-hybridized carbons (Fsp3) is 0.733. The van der Waals surface area contributed by atoms with Gasteiger partial charge in [0.05, 0.1) is 4.90 Å². The van der Waals surface area contributed by atoms with Crippen molar-refractivity contribution in [2.75, 3.05) is 20.1 Å². The molecular weight excluding hydrogens is 304 g/mol. The van der Waals surface area contributed by atoms with Crippen molar-refractivity contribution in [1.82, 2.24) is 9.62 Å². The van der Waals surface area contributed by atoms with Crippen LogP contribution in [0.1, 0.15) is 37.4 Å². The topological polar surface area (TPSA) is 49.4 Å². The Labute approximate surface area is 133 Å². The van der Waals surface area contributed by atoms with Gasteiger partial charge in [-0.25, -0.2) is 8.42 Å². The first-order chi connectivity index (χ1) is 9.68. The van der Waals surface area contributed by atoms with Gasteiger partial charge in [0.25, 0.3) is 0 Å². The van der Waals surface area contributed by atoms with Crippen LogP contribution >= 0.6 is 11.3 Å². The number of nitrogens with zero attached hydrogens (tertiary/aromatic N) is 1. The lowest BCUT2D eigenvalue weighted by molar-refractivity contribution is 0.333. The molecule has 1 aromatic rings. The predicted octanol–water partition coefficient (Wildman–Crippen LogP) is 3.08. The minimum atomic E-state index is -3.40. The Morgan fingerprint density at radius 2 is 1.71 bits per heavy atom. The lowest BCUT2D eigenvalue weighted by atomic mass is 10.2. The summed E-state index contributed by atoms with van der Waals surface area (Å²) in [6.45, 7) is 11.9. The van der Waals surface area contributed by atoms with Crippen LogP contribution in [-0.4, -0.2) is 32.9 Å². The molecule has 0 fully saturated rings. The second-order valence-electron chi connectivity index (χ2n) is 6.27. The van der Waals surface area contributed by atoms with Crippen molar-refractivity contribution in [2.24, 2.45) is 11.8 Å². The van der Waals surface area contributed by atoms with Crippen molar-refractivity contribution in [2.45, 2.75) is 46.1 Å². The molecular formula is C15H28N2O2S2. The van der Waals surface area contributed by atoms with Gasteiger partial charge in [-0.05, 0) is 31.9 Å². The Kier molecular flexibility index (Phi) is 6.84. The zero-order valence-corrected chi connectivity index (χ0v) is 15.6. The highest BCUT2D eigenvalue weighted by Gasteiger charge is 2.28. The van der Waals surface area contributed by atoms with Gasteiger partial charge in [0.15, 0.2) is 0 Å². The maximum atomic E-state index is 13.0. The molecule has 122 valence electrons. The van der Waals surface area contributed by atoms with Crippen molar-refractivity contribution in [3.05, 3.63) is 15.8 Å². The van der Waals surface area contributed by atoms with E-state index in [1.54, 1.807) is 15.6 Å². The van der Waals surface area contributed by atoms with Crippen LogP contribution in [0.4, 0.5) is 0 Å². The largest absolute Gasteiger partial charge is 0.315 e. The minimum Gasteiger partial charge on any atom is -0.315 e. The molecule has 4 nitrogen and oxygen atoms in total. The van der Waals surface area contributed by atoms with Gasteiger partial charge in [0, 0.05) is 29.4 Å².